The Morgan fingerprint density at radius 2 is 0.506 bits per heavy atom. The van der Waals surface area contributed by atoms with Crippen molar-refractivity contribution >= 4 is 17.9 Å². The average molecular weight is 1120 g/mol. The highest BCUT2D eigenvalue weighted by molar-refractivity contribution is 5.71. The number of allylic oxidation sites excluding steroid dienone is 22. The second-order valence-corrected chi connectivity index (χ2v) is 22.0. The van der Waals surface area contributed by atoms with E-state index < -0.39 is 6.10 Å². The summed E-state index contributed by atoms with van der Waals surface area (Å²) < 4.78 is 16.9. The number of carbonyl (C=O) groups is 3. The molecule has 0 aromatic heterocycles. The van der Waals surface area contributed by atoms with Gasteiger partial charge < -0.3 is 14.2 Å². The van der Waals surface area contributed by atoms with Gasteiger partial charge in [-0.3, -0.25) is 14.4 Å². The van der Waals surface area contributed by atoms with Crippen LogP contribution in [0.3, 0.4) is 0 Å². The lowest BCUT2D eigenvalue weighted by Gasteiger charge is -2.18. The number of hydrogen-bond donors (Lipinski definition) is 0. The Morgan fingerprint density at radius 3 is 0.827 bits per heavy atom. The first-order valence-electron chi connectivity index (χ1n) is 33.7. The molecule has 0 N–H and O–H groups in total. The molecule has 0 aliphatic heterocycles. The highest BCUT2D eigenvalue weighted by Gasteiger charge is 2.19. The Bertz CT molecular complexity index is 1720. The topological polar surface area (TPSA) is 78.9 Å². The highest BCUT2D eigenvalue weighted by atomic mass is 16.6. The number of ether oxygens (including phenoxy) is 3. The summed E-state index contributed by atoms with van der Waals surface area (Å²) in [5, 5.41) is 0. The molecule has 0 saturated carbocycles. The molecule has 0 saturated heterocycles. The first kappa shape index (κ1) is 76.5. The van der Waals surface area contributed by atoms with Crippen LogP contribution in [0.1, 0.15) is 303 Å². The zero-order chi connectivity index (χ0) is 58.5. The maximum Gasteiger partial charge on any atom is 0.306 e. The van der Waals surface area contributed by atoms with Gasteiger partial charge in [0.05, 0.1) is 0 Å². The van der Waals surface area contributed by atoms with Crippen molar-refractivity contribution in [1.82, 2.24) is 0 Å². The zero-order valence-corrected chi connectivity index (χ0v) is 52.8. The molecular weight excluding hydrogens is 997 g/mol. The van der Waals surface area contributed by atoms with Gasteiger partial charge in [-0.15, -0.1) is 0 Å². The summed E-state index contributed by atoms with van der Waals surface area (Å²) in [6, 6.07) is 0. The SMILES string of the molecule is CC/C=C\C/C=C\C/C=C\C/C=C\CCCCCCCCCCCCCCCCCCC(=O)OCC(COC(=O)CC/C=C\C/C=C\C/C=C\C/C=C\CC)OC(=O)CCCCCCCC/C=C\C/C=C\C/C=C\CCCCCCC. The molecule has 81 heavy (non-hydrogen) atoms. The third-order valence-corrected chi connectivity index (χ3v) is 14.1. The summed E-state index contributed by atoms with van der Waals surface area (Å²) in [6.07, 6.45) is 96.3. The lowest BCUT2D eigenvalue weighted by Crippen LogP contribution is -2.30. The van der Waals surface area contributed by atoms with Crippen LogP contribution in [0.2, 0.25) is 0 Å². The molecule has 0 radical (unpaired) electrons. The first-order chi connectivity index (χ1) is 40.0. The third kappa shape index (κ3) is 66.2. The van der Waals surface area contributed by atoms with Crippen molar-refractivity contribution in [2.75, 3.05) is 13.2 Å². The van der Waals surface area contributed by atoms with Crippen LogP contribution in [-0.4, -0.2) is 37.2 Å². The Balaban J connectivity index is 4.32. The smallest absolute Gasteiger partial charge is 0.306 e. The molecule has 1 unspecified atom stereocenters. The van der Waals surface area contributed by atoms with Crippen molar-refractivity contribution in [2.24, 2.45) is 0 Å². The molecular formula is C75H124O6. The van der Waals surface area contributed by atoms with Gasteiger partial charge in [-0.05, 0) is 122 Å². The second-order valence-electron chi connectivity index (χ2n) is 22.0. The third-order valence-electron chi connectivity index (χ3n) is 14.1. The van der Waals surface area contributed by atoms with Crippen LogP contribution in [0.15, 0.2) is 134 Å². The maximum absolute atomic E-state index is 12.9. The Hall–Kier alpha value is -4.45. The molecule has 0 rings (SSSR count). The number of unbranched alkanes of at least 4 members (excludes halogenated alkanes) is 27. The van der Waals surface area contributed by atoms with Crippen LogP contribution < -0.4 is 0 Å². The minimum atomic E-state index is -0.819. The number of hydrogen-bond acceptors (Lipinski definition) is 6. The van der Waals surface area contributed by atoms with Gasteiger partial charge in [0.25, 0.3) is 0 Å². The number of carbonyl (C=O) groups excluding carboxylic acids is 3. The van der Waals surface area contributed by atoms with Crippen LogP contribution in [0.5, 0.6) is 0 Å². The molecule has 0 amide bonds. The normalized spacial score (nSPS) is 13.0. The van der Waals surface area contributed by atoms with Crippen LogP contribution in [-0.2, 0) is 28.6 Å². The molecule has 6 nitrogen and oxygen atoms in total. The zero-order valence-electron chi connectivity index (χ0n) is 52.8. The van der Waals surface area contributed by atoms with E-state index in [0.717, 1.165) is 116 Å². The van der Waals surface area contributed by atoms with E-state index in [2.05, 4.69) is 148 Å². The molecule has 1 atom stereocenters. The molecule has 0 fully saturated rings. The molecule has 0 aromatic carbocycles. The molecule has 0 heterocycles. The van der Waals surface area contributed by atoms with Crippen LogP contribution >= 0.6 is 0 Å². The summed E-state index contributed by atoms with van der Waals surface area (Å²) in [6.45, 7) is 6.34. The van der Waals surface area contributed by atoms with Crippen molar-refractivity contribution < 1.29 is 28.6 Å². The lowest BCUT2D eigenvalue weighted by molar-refractivity contribution is -0.166. The van der Waals surface area contributed by atoms with Crippen LogP contribution in [0, 0.1) is 0 Å². The van der Waals surface area contributed by atoms with E-state index in [1.54, 1.807) is 0 Å². The van der Waals surface area contributed by atoms with Crippen LogP contribution in [0.25, 0.3) is 0 Å². The fourth-order valence-corrected chi connectivity index (χ4v) is 9.16. The van der Waals surface area contributed by atoms with Crippen molar-refractivity contribution in [3.8, 4) is 0 Å². The van der Waals surface area contributed by atoms with E-state index in [1.807, 2.05) is 6.08 Å². The van der Waals surface area contributed by atoms with Crippen molar-refractivity contribution in [2.45, 2.75) is 309 Å². The summed E-state index contributed by atoms with van der Waals surface area (Å²) in [5.41, 5.74) is 0. The summed E-state index contributed by atoms with van der Waals surface area (Å²) in [7, 11) is 0. The van der Waals surface area contributed by atoms with Gasteiger partial charge in [0.15, 0.2) is 6.10 Å². The molecule has 0 aliphatic rings. The summed E-state index contributed by atoms with van der Waals surface area (Å²) >= 11 is 0. The van der Waals surface area contributed by atoms with E-state index in [9.17, 15) is 14.4 Å². The second kappa shape index (κ2) is 68.1. The molecule has 6 heteroatoms. The van der Waals surface area contributed by atoms with Crippen LogP contribution in [0.4, 0.5) is 0 Å². The molecule has 0 aromatic rings. The summed E-state index contributed by atoms with van der Waals surface area (Å²) in [5.74, 6) is -1.000. The lowest BCUT2D eigenvalue weighted by atomic mass is 10.0. The standard InChI is InChI=1S/C75H124O6/c1-4-7-10-13-16-19-22-25-27-29-31-33-34-35-36-37-38-39-40-42-43-45-47-50-53-56-59-62-65-68-74(77)80-71-72(70-79-73(76)67-64-61-58-55-52-49-24-21-18-15-12-9-6-3)81-75(78)69-66-63-60-57-54-51-48-46-44-41-32-30-28-26-23-20-17-14-11-8-5-2/h7,9-10,12,16,18-19,21,23,25-27,30-33,44,46,49,52,58,61,72H,4-6,8,11,13-15,17,20,22,24,28-29,34-43,45,47-48,50-51,53-57,59-60,62-71H2,1-3H3/b10-7-,12-9-,19-16-,21-18-,26-23-,27-25-,32-30-,33-31-,46-44-,52-49-,61-58-. The van der Waals surface area contributed by atoms with Gasteiger partial charge in [0, 0.05) is 19.3 Å². The van der Waals surface area contributed by atoms with Crippen molar-refractivity contribution in [3.63, 3.8) is 0 Å². The van der Waals surface area contributed by atoms with E-state index in [1.165, 1.54) is 141 Å². The molecule has 0 spiro atoms. The largest absolute Gasteiger partial charge is 0.462 e. The Kier molecular flexibility index (Phi) is 64.3. The Morgan fingerprint density at radius 1 is 0.259 bits per heavy atom. The first-order valence-corrected chi connectivity index (χ1v) is 33.7. The molecule has 0 bridgehead atoms. The fraction of sp³-hybridized carbons (Fsp3) is 0.667. The van der Waals surface area contributed by atoms with Gasteiger partial charge in [-0.2, -0.15) is 0 Å². The highest BCUT2D eigenvalue weighted by Crippen LogP contribution is 2.16. The minimum absolute atomic E-state index is 0.107. The van der Waals surface area contributed by atoms with E-state index in [4.69, 9.17) is 14.2 Å². The molecule has 460 valence electrons. The maximum atomic E-state index is 12.9. The van der Waals surface area contributed by atoms with E-state index >= 15 is 0 Å². The van der Waals surface area contributed by atoms with Gasteiger partial charge in [-0.25, -0.2) is 0 Å². The predicted molar refractivity (Wildman–Crippen MR) is 353 cm³/mol. The van der Waals surface area contributed by atoms with Gasteiger partial charge in [0.2, 0.25) is 0 Å². The average Bonchev–Trinajstić information content (AvgIpc) is 3.46. The van der Waals surface area contributed by atoms with Gasteiger partial charge >= 0.3 is 17.9 Å². The quantitative estimate of drug-likeness (QED) is 0.0261. The predicted octanol–water partition coefficient (Wildman–Crippen LogP) is 23.3. The fourth-order valence-electron chi connectivity index (χ4n) is 9.16. The number of rotatable bonds is 60. The summed E-state index contributed by atoms with van der Waals surface area (Å²) in [4.78, 5) is 38.3. The Labute approximate surface area is 500 Å². The monoisotopic (exact) mass is 1120 g/mol. The van der Waals surface area contributed by atoms with Gasteiger partial charge in [0.1, 0.15) is 13.2 Å². The van der Waals surface area contributed by atoms with E-state index in [-0.39, 0.29) is 37.5 Å². The van der Waals surface area contributed by atoms with Crippen molar-refractivity contribution in [3.05, 3.63) is 134 Å². The number of esters is 3. The minimum Gasteiger partial charge on any atom is -0.462 e. The molecule has 0 aliphatic carbocycles. The van der Waals surface area contributed by atoms with Gasteiger partial charge in [-0.1, -0.05) is 296 Å². The van der Waals surface area contributed by atoms with E-state index in [0.29, 0.717) is 19.3 Å². The van der Waals surface area contributed by atoms with Crippen molar-refractivity contribution in [1.29, 1.82) is 0 Å².